The number of nitrogens with two attached hydrogens (primary N) is 1. The van der Waals surface area contributed by atoms with Crippen LogP contribution in [0.5, 0.6) is 0 Å². The first-order valence-corrected chi connectivity index (χ1v) is 7.64. The molecule has 19 heavy (non-hydrogen) atoms. The number of ether oxygens (including phenoxy) is 1. The molecule has 4 heteroatoms. The van der Waals surface area contributed by atoms with E-state index in [4.69, 9.17) is 10.5 Å². The minimum Gasteiger partial charge on any atom is -0.381 e. The molecule has 0 bridgehead atoms. The lowest BCUT2D eigenvalue weighted by molar-refractivity contribution is -0.137. The first kappa shape index (κ1) is 14.8. The summed E-state index contributed by atoms with van der Waals surface area (Å²) in [5.74, 6) is 1.50. The Morgan fingerprint density at radius 2 is 2.16 bits per heavy atom. The van der Waals surface area contributed by atoms with E-state index in [1.807, 2.05) is 11.9 Å². The summed E-state index contributed by atoms with van der Waals surface area (Å²) in [5, 5.41) is 0. The molecular formula is C15H28N2O2. The van der Waals surface area contributed by atoms with E-state index in [0.717, 1.165) is 45.4 Å². The van der Waals surface area contributed by atoms with Crippen LogP contribution in [0.4, 0.5) is 0 Å². The van der Waals surface area contributed by atoms with Crippen LogP contribution in [-0.2, 0) is 9.53 Å². The fourth-order valence-corrected chi connectivity index (χ4v) is 3.60. The standard InChI is InChI=1S/C15H28N2O2/c1-11-6-13(8-14(16)7-11)15(18)17(2)9-12-4-3-5-19-10-12/h11-14H,3-10,16H2,1-2H3. The minimum atomic E-state index is 0.133. The van der Waals surface area contributed by atoms with Gasteiger partial charge in [0, 0.05) is 32.2 Å². The summed E-state index contributed by atoms with van der Waals surface area (Å²) in [5.41, 5.74) is 6.05. The van der Waals surface area contributed by atoms with Crippen LogP contribution < -0.4 is 5.73 Å². The quantitative estimate of drug-likeness (QED) is 0.846. The van der Waals surface area contributed by atoms with Crippen LogP contribution in [0.25, 0.3) is 0 Å². The van der Waals surface area contributed by atoms with Gasteiger partial charge in [-0.15, -0.1) is 0 Å². The lowest BCUT2D eigenvalue weighted by Gasteiger charge is -2.34. The zero-order valence-electron chi connectivity index (χ0n) is 12.3. The predicted molar refractivity (Wildman–Crippen MR) is 75.7 cm³/mol. The molecule has 1 amide bonds. The fraction of sp³-hybridized carbons (Fsp3) is 0.933. The molecule has 1 heterocycles. The number of nitrogens with zero attached hydrogens (tertiary/aromatic N) is 1. The molecule has 0 aromatic heterocycles. The van der Waals surface area contributed by atoms with Crippen molar-refractivity contribution in [2.45, 2.75) is 45.1 Å². The van der Waals surface area contributed by atoms with Gasteiger partial charge in [-0.05, 0) is 43.9 Å². The Labute approximate surface area is 116 Å². The van der Waals surface area contributed by atoms with Crippen molar-refractivity contribution in [3.63, 3.8) is 0 Å². The first-order valence-electron chi connectivity index (χ1n) is 7.64. The van der Waals surface area contributed by atoms with E-state index in [2.05, 4.69) is 6.92 Å². The van der Waals surface area contributed by atoms with Gasteiger partial charge in [0.15, 0.2) is 0 Å². The highest BCUT2D eigenvalue weighted by Gasteiger charge is 2.31. The molecule has 1 aliphatic heterocycles. The van der Waals surface area contributed by atoms with Gasteiger partial charge in [-0.3, -0.25) is 4.79 Å². The van der Waals surface area contributed by atoms with Crippen LogP contribution >= 0.6 is 0 Å². The van der Waals surface area contributed by atoms with Crippen LogP contribution in [0.2, 0.25) is 0 Å². The molecule has 4 nitrogen and oxygen atoms in total. The normalized spacial score (nSPS) is 35.9. The van der Waals surface area contributed by atoms with Gasteiger partial charge in [0.25, 0.3) is 0 Å². The van der Waals surface area contributed by atoms with Crippen LogP contribution in [0.3, 0.4) is 0 Å². The van der Waals surface area contributed by atoms with E-state index < -0.39 is 0 Å². The summed E-state index contributed by atoms with van der Waals surface area (Å²) in [6.45, 7) is 4.72. The summed E-state index contributed by atoms with van der Waals surface area (Å²) in [6.07, 6.45) is 5.22. The van der Waals surface area contributed by atoms with Crippen molar-refractivity contribution >= 4 is 5.91 Å². The molecule has 1 saturated heterocycles. The number of carbonyl (C=O) groups excluding carboxylic acids is 1. The molecule has 2 rings (SSSR count). The summed E-state index contributed by atoms with van der Waals surface area (Å²) >= 11 is 0. The summed E-state index contributed by atoms with van der Waals surface area (Å²) in [4.78, 5) is 14.4. The maximum Gasteiger partial charge on any atom is 0.225 e. The van der Waals surface area contributed by atoms with Crippen molar-refractivity contribution in [1.29, 1.82) is 0 Å². The Morgan fingerprint density at radius 3 is 2.79 bits per heavy atom. The Hall–Kier alpha value is -0.610. The average molecular weight is 268 g/mol. The van der Waals surface area contributed by atoms with Crippen LogP contribution in [-0.4, -0.2) is 43.7 Å². The highest BCUT2D eigenvalue weighted by atomic mass is 16.5. The molecule has 0 aromatic rings. The third-order valence-electron chi connectivity index (χ3n) is 4.49. The lowest BCUT2D eigenvalue weighted by atomic mass is 9.79. The second kappa shape index (κ2) is 6.71. The Morgan fingerprint density at radius 1 is 1.37 bits per heavy atom. The predicted octanol–water partition coefficient (Wildman–Crippen LogP) is 1.63. The van der Waals surface area contributed by atoms with Gasteiger partial charge in [-0.2, -0.15) is 0 Å². The van der Waals surface area contributed by atoms with E-state index in [9.17, 15) is 4.79 Å². The largest absolute Gasteiger partial charge is 0.381 e. The molecule has 0 spiro atoms. The molecule has 2 aliphatic rings. The third-order valence-corrected chi connectivity index (χ3v) is 4.49. The average Bonchev–Trinajstić information content (AvgIpc) is 2.37. The van der Waals surface area contributed by atoms with Gasteiger partial charge >= 0.3 is 0 Å². The number of amides is 1. The highest BCUT2D eigenvalue weighted by molar-refractivity contribution is 5.78. The number of hydrogen-bond acceptors (Lipinski definition) is 3. The highest BCUT2D eigenvalue weighted by Crippen LogP contribution is 2.29. The van der Waals surface area contributed by atoms with Crippen molar-refractivity contribution in [3.05, 3.63) is 0 Å². The maximum absolute atomic E-state index is 12.5. The van der Waals surface area contributed by atoms with Crippen molar-refractivity contribution < 1.29 is 9.53 Å². The van der Waals surface area contributed by atoms with E-state index >= 15 is 0 Å². The zero-order chi connectivity index (χ0) is 13.8. The van der Waals surface area contributed by atoms with Crippen LogP contribution in [0.15, 0.2) is 0 Å². The molecule has 0 aromatic carbocycles. The Balaban J connectivity index is 1.83. The number of hydrogen-bond donors (Lipinski definition) is 1. The zero-order valence-corrected chi connectivity index (χ0v) is 12.3. The van der Waals surface area contributed by atoms with Crippen molar-refractivity contribution in [3.8, 4) is 0 Å². The van der Waals surface area contributed by atoms with Crippen molar-refractivity contribution in [2.75, 3.05) is 26.8 Å². The van der Waals surface area contributed by atoms with Crippen molar-refractivity contribution in [1.82, 2.24) is 4.90 Å². The molecule has 4 unspecified atom stereocenters. The number of rotatable bonds is 3. The summed E-state index contributed by atoms with van der Waals surface area (Å²) in [6, 6.07) is 0.198. The topological polar surface area (TPSA) is 55.6 Å². The Kier molecular flexibility index (Phi) is 5.22. The van der Waals surface area contributed by atoms with Crippen molar-refractivity contribution in [2.24, 2.45) is 23.5 Å². The first-order chi connectivity index (χ1) is 9.06. The molecule has 2 N–H and O–H groups in total. The van der Waals surface area contributed by atoms with Gasteiger partial charge < -0.3 is 15.4 Å². The molecule has 1 saturated carbocycles. The molecule has 110 valence electrons. The van der Waals surface area contributed by atoms with Gasteiger partial charge in [0.2, 0.25) is 5.91 Å². The molecule has 4 atom stereocenters. The van der Waals surface area contributed by atoms with E-state index in [-0.39, 0.29) is 17.9 Å². The fourth-order valence-electron chi connectivity index (χ4n) is 3.60. The lowest BCUT2D eigenvalue weighted by Crippen LogP contribution is -2.43. The smallest absolute Gasteiger partial charge is 0.225 e. The monoisotopic (exact) mass is 268 g/mol. The van der Waals surface area contributed by atoms with E-state index in [1.165, 1.54) is 6.42 Å². The van der Waals surface area contributed by atoms with Gasteiger partial charge in [-0.25, -0.2) is 0 Å². The Bertz CT molecular complexity index is 293. The van der Waals surface area contributed by atoms with Gasteiger partial charge in [0.05, 0.1) is 6.61 Å². The summed E-state index contributed by atoms with van der Waals surface area (Å²) in [7, 11) is 1.93. The van der Waals surface area contributed by atoms with Gasteiger partial charge in [-0.1, -0.05) is 6.92 Å². The van der Waals surface area contributed by atoms with Crippen LogP contribution in [0.1, 0.15) is 39.0 Å². The van der Waals surface area contributed by atoms with E-state index in [0.29, 0.717) is 11.8 Å². The molecule has 0 radical (unpaired) electrons. The minimum absolute atomic E-state index is 0.133. The molecular weight excluding hydrogens is 240 g/mol. The molecule has 1 aliphatic carbocycles. The maximum atomic E-state index is 12.5. The molecule has 2 fully saturated rings. The van der Waals surface area contributed by atoms with Crippen LogP contribution in [0, 0.1) is 17.8 Å². The SMILES string of the molecule is CC1CC(N)CC(C(=O)N(C)CC2CCCOC2)C1. The van der Waals surface area contributed by atoms with E-state index in [1.54, 1.807) is 0 Å². The second-order valence-corrected chi connectivity index (χ2v) is 6.57. The van der Waals surface area contributed by atoms with Gasteiger partial charge in [0.1, 0.15) is 0 Å². The third kappa shape index (κ3) is 4.18. The summed E-state index contributed by atoms with van der Waals surface area (Å²) < 4.78 is 5.48. The second-order valence-electron chi connectivity index (χ2n) is 6.57. The number of carbonyl (C=O) groups is 1.